The van der Waals surface area contributed by atoms with Crippen LogP contribution in [0.2, 0.25) is 0 Å². The van der Waals surface area contributed by atoms with E-state index in [0.717, 1.165) is 0 Å². The number of aromatic nitrogens is 2. The van der Waals surface area contributed by atoms with Gasteiger partial charge in [-0.25, -0.2) is 4.98 Å². The summed E-state index contributed by atoms with van der Waals surface area (Å²) in [6.45, 7) is 0. The first-order valence-corrected chi connectivity index (χ1v) is 2.68. The van der Waals surface area contributed by atoms with E-state index in [1.165, 1.54) is 6.20 Å². The van der Waals surface area contributed by atoms with E-state index in [-0.39, 0.29) is 0 Å². The molecule has 1 aromatic rings. The molecule has 0 aliphatic rings. The van der Waals surface area contributed by atoms with Crippen molar-refractivity contribution < 1.29 is 0 Å². The Balaban J connectivity index is 2.97. The van der Waals surface area contributed by atoms with Crippen LogP contribution in [-0.2, 0) is 0 Å². The molecule has 0 unspecified atom stereocenters. The molecule has 0 aliphatic heterocycles. The Labute approximate surface area is 57.5 Å². The number of hydrogen-bond donors (Lipinski definition) is 0. The number of rotatable bonds is 1. The summed E-state index contributed by atoms with van der Waals surface area (Å²) < 4.78 is 0. The normalized spacial score (nSPS) is 8.00. The van der Waals surface area contributed by atoms with E-state index < -0.39 is 0 Å². The van der Waals surface area contributed by atoms with Gasteiger partial charge in [0.25, 0.3) is 0 Å². The maximum Gasteiger partial charge on any atom is 0.181 e. The van der Waals surface area contributed by atoms with Gasteiger partial charge in [0, 0.05) is 12.4 Å². The summed E-state index contributed by atoms with van der Waals surface area (Å²) in [6, 6.07) is 0. The molecule has 0 aromatic carbocycles. The molecule has 0 saturated carbocycles. The van der Waals surface area contributed by atoms with E-state index in [0.29, 0.717) is 5.82 Å². The number of isothiocyanates is 1. The van der Waals surface area contributed by atoms with Crippen LogP contribution in [0, 0.1) is 0 Å². The number of hydrogen-bond acceptors (Lipinski definition) is 4. The van der Waals surface area contributed by atoms with Gasteiger partial charge in [0.1, 0.15) is 0 Å². The molecule has 0 atom stereocenters. The zero-order valence-electron chi connectivity index (χ0n) is 4.48. The smallest absolute Gasteiger partial charge is 0.181 e. The molecule has 1 rings (SSSR count). The van der Waals surface area contributed by atoms with Crippen LogP contribution in [0.3, 0.4) is 0 Å². The zero-order chi connectivity index (χ0) is 6.53. The first kappa shape index (κ1) is 6.01. The SMILES string of the molecule is S=C=Nc1cnccn1. The quantitative estimate of drug-likeness (QED) is 0.431. The van der Waals surface area contributed by atoms with E-state index in [4.69, 9.17) is 0 Å². The van der Waals surface area contributed by atoms with Gasteiger partial charge in [-0.3, -0.25) is 4.98 Å². The van der Waals surface area contributed by atoms with Crippen molar-refractivity contribution in [3.8, 4) is 0 Å². The number of nitrogens with zero attached hydrogens (tertiary/aromatic N) is 3. The monoisotopic (exact) mass is 137 g/mol. The third kappa shape index (κ3) is 1.68. The highest BCUT2D eigenvalue weighted by Crippen LogP contribution is 1.99. The molecule has 0 aliphatic carbocycles. The Hall–Kier alpha value is -1.12. The van der Waals surface area contributed by atoms with Gasteiger partial charge >= 0.3 is 0 Å². The lowest BCUT2D eigenvalue weighted by atomic mass is 10.7. The molecular formula is C5H3N3S. The Morgan fingerprint density at radius 1 is 1.56 bits per heavy atom. The molecule has 4 heteroatoms. The predicted octanol–water partition coefficient (Wildman–Crippen LogP) is 1.21. The second kappa shape index (κ2) is 3.02. The lowest BCUT2D eigenvalue weighted by Gasteiger charge is -1.82. The summed E-state index contributed by atoms with van der Waals surface area (Å²) in [5.41, 5.74) is 0. The van der Waals surface area contributed by atoms with Crippen molar-refractivity contribution in [2.45, 2.75) is 0 Å². The zero-order valence-corrected chi connectivity index (χ0v) is 5.30. The molecular weight excluding hydrogens is 134 g/mol. The van der Waals surface area contributed by atoms with Gasteiger partial charge in [-0.15, -0.1) is 0 Å². The summed E-state index contributed by atoms with van der Waals surface area (Å²) in [7, 11) is 0. The molecule has 0 saturated heterocycles. The van der Waals surface area contributed by atoms with E-state index in [1.54, 1.807) is 12.4 Å². The van der Waals surface area contributed by atoms with Crippen molar-refractivity contribution >= 4 is 23.2 Å². The van der Waals surface area contributed by atoms with Crippen LogP contribution in [-0.4, -0.2) is 15.1 Å². The van der Waals surface area contributed by atoms with Crippen LogP contribution in [0.5, 0.6) is 0 Å². The first-order chi connectivity index (χ1) is 4.43. The maximum atomic E-state index is 4.35. The van der Waals surface area contributed by atoms with Gasteiger partial charge in [0.15, 0.2) is 5.82 Å². The second-order valence-electron chi connectivity index (χ2n) is 1.27. The van der Waals surface area contributed by atoms with Gasteiger partial charge in [-0.1, -0.05) is 0 Å². The lowest BCUT2D eigenvalue weighted by molar-refractivity contribution is 1.18. The molecule has 0 fully saturated rings. The molecule has 0 bridgehead atoms. The van der Waals surface area contributed by atoms with Crippen LogP contribution in [0.4, 0.5) is 5.82 Å². The highest BCUT2D eigenvalue weighted by molar-refractivity contribution is 7.78. The molecule has 1 aromatic heterocycles. The summed E-state index contributed by atoms with van der Waals surface area (Å²) >= 11 is 4.35. The van der Waals surface area contributed by atoms with Crippen LogP contribution >= 0.6 is 12.2 Å². The Morgan fingerprint density at radius 3 is 3.00 bits per heavy atom. The fourth-order valence-corrected chi connectivity index (χ4v) is 0.489. The Bertz CT molecular complexity index is 227. The molecule has 3 nitrogen and oxygen atoms in total. The topological polar surface area (TPSA) is 38.1 Å². The maximum absolute atomic E-state index is 4.35. The van der Waals surface area contributed by atoms with Crippen LogP contribution in [0.15, 0.2) is 23.6 Å². The number of thiocarbonyl (C=S) groups is 1. The van der Waals surface area contributed by atoms with E-state index in [9.17, 15) is 0 Å². The third-order valence-electron chi connectivity index (χ3n) is 0.710. The lowest BCUT2D eigenvalue weighted by Crippen LogP contribution is -1.72. The van der Waals surface area contributed by atoms with Crippen LogP contribution in [0.25, 0.3) is 0 Å². The predicted molar refractivity (Wildman–Crippen MR) is 36.7 cm³/mol. The average Bonchev–Trinajstić information content (AvgIpc) is 1.91. The largest absolute Gasteiger partial charge is 0.259 e. The molecule has 0 amide bonds. The van der Waals surface area contributed by atoms with Crippen molar-refractivity contribution in [3.63, 3.8) is 0 Å². The molecule has 0 radical (unpaired) electrons. The van der Waals surface area contributed by atoms with Gasteiger partial charge in [-0.2, -0.15) is 4.99 Å². The second-order valence-corrected chi connectivity index (χ2v) is 1.45. The minimum atomic E-state index is 0.493. The van der Waals surface area contributed by atoms with Crippen molar-refractivity contribution in [2.24, 2.45) is 4.99 Å². The highest BCUT2D eigenvalue weighted by Gasteiger charge is 1.82. The van der Waals surface area contributed by atoms with E-state index >= 15 is 0 Å². The summed E-state index contributed by atoms with van der Waals surface area (Å²) in [5.74, 6) is 0.493. The minimum absolute atomic E-state index is 0.493. The number of aliphatic imine (C=N–C) groups is 1. The fourth-order valence-electron chi connectivity index (χ4n) is 0.396. The van der Waals surface area contributed by atoms with E-state index in [2.05, 4.69) is 32.3 Å². The van der Waals surface area contributed by atoms with Gasteiger partial charge in [0.2, 0.25) is 0 Å². The van der Waals surface area contributed by atoms with Gasteiger partial charge in [-0.05, 0) is 12.2 Å². The van der Waals surface area contributed by atoms with Crippen LogP contribution in [0.1, 0.15) is 0 Å². The standard InChI is InChI=1S/C5H3N3S/c9-4-8-5-3-6-1-2-7-5/h1-3H. The van der Waals surface area contributed by atoms with Crippen molar-refractivity contribution in [1.29, 1.82) is 0 Å². The third-order valence-corrected chi connectivity index (χ3v) is 0.801. The summed E-state index contributed by atoms with van der Waals surface area (Å²) in [5, 5.41) is 2.19. The summed E-state index contributed by atoms with van der Waals surface area (Å²) in [6.07, 6.45) is 4.63. The highest BCUT2D eigenvalue weighted by atomic mass is 32.1. The van der Waals surface area contributed by atoms with Crippen LogP contribution < -0.4 is 0 Å². The van der Waals surface area contributed by atoms with Crippen molar-refractivity contribution in [1.82, 2.24) is 9.97 Å². The molecule has 44 valence electrons. The van der Waals surface area contributed by atoms with Gasteiger partial charge < -0.3 is 0 Å². The van der Waals surface area contributed by atoms with E-state index in [1.807, 2.05) is 0 Å². The summed E-state index contributed by atoms with van der Waals surface area (Å²) in [4.78, 5) is 11.2. The fraction of sp³-hybridized carbons (Fsp3) is 0. The molecule has 0 N–H and O–H groups in total. The first-order valence-electron chi connectivity index (χ1n) is 2.27. The van der Waals surface area contributed by atoms with Crippen molar-refractivity contribution in [2.75, 3.05) is 0 Å². The Morgan fingerprint density at radius 2 is 2.44 bits per heavy atom. The molecule has 1 heterocycles. The van der Waals surface area contributed by atoms with Crippen molar-refractivity contribution in [3.05, 3.63) is 18.6 Å². The van der Waals surface area contributed by atoms with Gasteiger partial charge in [0.05, 0.1) is 11.4 Å². The Kier molecular flexibility index (Phi) is 2.01. The molecule has 9 heavy (non-hydrogen) atoms. The molecule has 0 spiro atoms. The minimum Gasteiger partial charge on any atom is -0.259 e. The average molecular weight is 137 g/mol.